The van der Waals surface area contributed by atoms with Crippen LogP contribution in [0.15, 0.2) is 53.4 Å². The molecule has 0 saturated carbocycles. The fraction of sp³-hybridized carbons (Fsp3) is 0.500. The van der Waals surface area contributed by atoms with Crippen molar-refractivity contribution in [1.82, 2.24) is 9.21 Å². The number of carbonyl (C=O) groups excluding carboxylic acids is 1. The van der Waals surface area contributed by atoms with Crippen molar-refractivity contribution >= 4 is 15.9 Å². The monoisotopic (exact) mass is 470 g/mol. The van der Waals surface area contributed by atoms with E-state index in [0.717, 1.165) is 44.3 Å². The number of carbonyl (C=O) groups is 1. The molecule has 1 atom stereocenters. The van der Waals surface area contributed by atoms with Crippen molar-refractivity contribution in [1.29, 1.82) is 0 Å². The van der Waals surface area contributed by atoms with Crippen LogP contribution in [-0.2, 0) is 21.2 Å². The highest BCUT2D eigenvalue weighted by atomic mass is 32.2. The van der Waals surface area contributed by atoms with Gasteiger partial charge in [0.15, 0.2) is 0 Å². The molecule has 2 aromatic rings. The van der Waals surface area contributed by atoms with Crippen molar-refractivity contribution in [2.24, 2.45) is 11.8 Å². The van der Waals surface area contributed by atoms with Gasteiger partial charge in [0.25, 0.3) is 0 Å². The fourth-order valence-electron chi connectivity index (χ4n) is 5.05. The van der Waals surface area contributed by atoms with Gasteiger partial charge in [-0.15, -0.1) is 0 Å². The Bertz CT molecular complexity index is 1060. The molecule has 1 amide bonds. The third-order valence-electron chi connectivity index (χ3n) is 6.96. The quantitative estimate of drug-likeness (QED) is 0.643. The van der Waals surface area contributed by atoms with Gasteiger partial charge in [0, 0.05) is 26.2 Å². The van der Waals surface area contributed by atoms with E-state index in [1.807, 2.05) is 24.0 Å². The second-order valence-electron chi connectivity index (χ2n) is 9.31. The minimum Gasteiger partial charge on any atom is -0.495 e. The molecule has 0 aliphatic carbocycles. The summed E-state index contributed by atoms with van der Waals surface area (Å²) in [6.45, 7) is 4.05. The van der Waals surface area contributed by atoms with Crippen molar-refractivity contribution in [2.45, 2.75) is 43.9 Å². The van der Waals surface area contributed by atoms with Gasteiger partial charge in [-0.25, -0.2) is 8.42 Å². The summed E-state index contributed by atoms with van der Waals surface area (Å²) in [7, 11) is -2.25. The zero-order valence-corrected chi connectivity index (χ0v) is 20.4. The second kappa shape index (κ2) is 10.3. The molecule has 2 aromatic carbocycles. The Morgan fingerprint density at radius 2 is 1.76 bits per heavy atom. The normalized spacial score (nSPS) is 20.5. The maximum absolute atomic E-state index is 13.4. The Hall–Kier alpha value is -2.38. The molecule has 178 valence electrons. The van der Waals surface area contributed by atoms with Crippen LogP contribution in [0.5, 0.6) is 5.75 Å². The highest BCUT2D eigenvalue weighted by molar-refractivity contribution is 7.89. The standard InChI is InChI=1S/C26H34N2O4S/c1-20-10-11-24(32-2)25(17-20)33(30,31)28-14-6-9-23(19-28)26(29)27-15-12-22(13-16-27)18-21-7-4-3-5-8-21/h3-5,7-8,10-11,17,22-23H,6,9,12-16,18-19H2,1-2H3/t23-/m1/s1. The SMILES string of the molecule is COc1ccc(C)cc1S(=O)(=O)N1CCC[C@@H](C(=O)N2CCC(Cc3ccccc3)CC2)C1. The lowest BCUT2D eigenvalue weighted by molar-refractivity contribution is -0.138. The molecule has 2 fully saturated rings. The number of likely N-dealkylation sites (tertiary alicyclic amines) is 1. The molecule has 0 radical (unpaired) electrons. The number of aryl methyl sites for hydroxylation is 1. The molecule has 33 heavy (non-hydrogen) atoms. The number of benzene rings is 2. The summed E-state index contributed by atoms with van der Waals surface area (Å²) >= 11 is 0. The van der Waals surface area contributed by atoms with Gasteiger partial charge >= 0.3 is 0 Å². The number of ether oxygens (including phenoxy) is 1. The van der Waals surface area contributed by atoms with Crippen LogP contribution in [0.3, 0.4) is 0 Å². The Balaban J connectivity index is 1.38. The smallest absolute Gasteiger partial charge is 0.246 e. The van der Waals surface area contributed by atoms with Crippen molar-refractivity contribution in [3.05, 3.63) is 59.7 Å². The van der Waals surface area contributed by atoms with Crippen LogP contribution < -0.4 is 4.74 Å². The van der Waals surface area contributed by atoms with Gasteiger partial charge in [0.05, 0.1) is 13.0 Å². The molecule has 0 unspecified atom stereocenters. The first-order valence-corrected chi connectivity index (χ1v) is 13.3. The number of sulfonamides is 1. The Morgan fingerprint density at radius 1 is 1.03 bits per heavy atom. The molecule has 0 bridgehead atoms. The highest BCUT2D eigenvalue weighted by Gasteiger charge is 2.37. The van der Waals surface area contributed by atoms with Crippen LogP contribution in [0, 0.1) is 18.8 Å². The average molecular weight is 471 g/mol. The predicted octanol–water partition coefficient (Wildman–Crippen LogP) is 3.89. The molecule has 0 aromatic heterocycles. The van der Waals surface area contributed by atoms with Crippen LogP contribution in [0.25, 0.3) is 0 Å². The molecule has 4 rings (SSSR count). The van der Waals surface area contributed by atoms with Crippen LogP contribution in [0.4, 0.5) is 0 Å². The van der Waals surface area contributed by atoms with E-state index in [4.69, 9.17) is 4.74 Å². The molecule has 7 heteroatoms. The molecule has 0 N–H and O–H groups in total. The lowest BCUT2D eigenvalue weighted by Crippen LogP contribution is -2.48. The lowest BCUT2D eigenvalue weighted by atomic mass is 9.89. The van der Waals surface area contributed by atoms with Crippen molar-refractivity contribution < 1.29 is 17.9 Å². The Morgan fingerprint density at radius 3 is 2.45 bits per heavy atom. The first-order chi connectivity index (χ1) is 15.9. The fourth-order valence-corrected chi connectivity index (χ4v) is 6.81. The summed E-state index contributed by atoms with van der Waals surface area (Å²) in [6, 6.07) is 15.7. The molecule has 6 nitrogen and oxygen atoms in total. The number of piperidine rings is 2. The van der Waals surface area contributed by atoms with E-state index in [0.29, 0.717) is 24.6 Å². The first kappa shape index (κ1) is 23.8. The summed E-state index contributed by atoms with van der Waals surface area (Å²) < 4.78 is 33.6. The Kier molecular flexibility index (Phi) is 7.39. The van der Waals surface area contributed by atoms with E-state index in [9.17, 15) is 13.2 Å². The first-order valence-electron chi connectivity index (χ1n) is 11.9. The van der Waals surface area contributed by atoms with Crippen LogP contribution in [0.1, 0.15) is 36.8 Å². The van der Waals surface area contributed by atoms with Crippen molar-refractivity contribution in [3.8, 4) is 5.75 Å². The maximum atomic E-state index is 13.4. The van der Waals surface area contributed by atoms with Crippen LogP contribution >= 0.6 is 0 Å². The summed E-state index contributed by atoms with van der Waals surface area (Å²) in [5.74, 6) is 0.752. The largest absolute Gasteiger partial charge is 0.495 e. The minimum absolute atomic E-state index is 0.101. The van der Waals surface area contributed by atoms with Gasteiger partial charge in [-0.05, 0) is 68.2 Å². The van der Waals surface area contributed by atoms with Crippen LogP contribution in [-0.4, -0.2) is 56.8 Å². The van der Waals surface area contributed by atoms with Crippen LogP contribution in [0.2, 0.25) is 0 Å². The molecule has 2 saturated heterocycles. The van der Waals surface area contributed by atoms with Gasteiger partial charge in [0.1, 0.15) is 10.6 Å². The second-order valence-corrected chi connectivity index (χ2v) is 11.2. The topological polar surface area (TPSA) is 66.9 Å². The Labute approximate surface area is 197 Å². The average Bonchev–Trinajstić information content (AvgIpc) is 2.85. The van der Waals surface area contributed by atoms with Gasteiger partial charge < -0.3 is 9.64 Å². The van der Waals surface area contributed by atoms with Gasteiger partial charge in [-0.2, -0.15) is 4.31 Å². The van der Waals surface area contributed by atoms with Crippen molar-refractivity contribution in [3.63, 3.8) is 0 Å². The molecule has 2 aliphatic heterocycles. The van der Waals surface area contributed by atoms with E-state index in [2.05, 4.69) is 24.3 Å². The summed E-state index contributed by atoms with van der Waals surface area (Å²) in [4.78, 5) is 15.4. The number of hydrogen-bond donors (Lipinski definition) is 0. The number of rotatable bonds is 6. The van der Waals surface area contributed by atoms with Gasteiger partial charge in [-0.3, -0.25) is 4.79 Å². The van der Waals surface area contributed by atoms with E-state index < -0.39 is 10.0 Å². The zero-order valence-electron chi connectivity index (χ0n) is 19.6. The molecule has 2 aliphatic rings. The lowest BCUT2D eigenvalue weighted by Gasteiger charge is -2.37. The summed E-state index contributed by atoms with van der Waals surface area (Å²) in [5.41, 5.74) is 2.21. The number of methoxy groups -OCH3 is 1. The molecule has 0 spiro atoms. The number of hydrogen-bond acceptors (Lipinski definition) is 4. The van der Waals surface area contributed by atoms with E-state index >= 15 is 0 Å². The van der Waals surface area contributed by atoms with E-state index in [1.165, 1.54) is 17.0 Å². The van der Waals surface area contributed by atoms with E-state index in [1.54, 1.807) is 12.1 Å². The van der Waals surface area contributed by atoms with Crippen molar-refractivity contribution in [2.75, 3.05) is 33.3 Å². The third kappa shape index (κ3) is 5.41. The maximum Gasteiger partial charge on any atom is 0.246 e. The number of amides is 1. The summed E-state index contributed by atoms with van der Waals surface area (Å²) in [5, 5.41) is 0. The third-order valence-corrected chi connectivity index (χ3v) is 8.85. The molecular weight excluding hydrogens is 436 g/mol. The molecule has 2 heterocycles. The highest BCUT2D eigenvalue weighted by Crippen LogP contribution is 2.32. The predicted molar refractivity (Wildman–Crippen MR) is 129 cm³/mol. The van der Waals surface area contributed by atoms with E-state index in [-0.39, 0.29) is 23.3 Å². The summed E-state index contributed by atoms with van der Waals surface area (Å²) in [6.07, 6.45) is 4.47. The minimum atomic E-state index is -3.73. The molecular formula is C26H34N2O4S. The van der Waals surface area contributed by atoms with Gasteiger partial charge in [-0.1, -0.05) is 36.4 Å². The number of nitrogens with zero attached hydrogens (tertiary/aromatic N) is 2. The van der Waals surface area contributed by atoms with Gasteiger partial charge in [0.2, 0.25) is 15.9 Å². The zero-order chi connectivity index (χ0) is 23.4.